The molecule has 2 unspecified atom stereocenters. The lowest BCUT2D eigenvalue weighted by molar-refractivity contribution is -0.171. The number of methoxy groups -OCH3 is 1. The van der Waals surface area contributed by atoms with Crippen molar-refractivity contribution in [3.05, 3.63) is 12.7 Å². The minimum absolute atomic E-state index is 0.0592. The molecule has 0 aromatic heterocycles. The summed E-state index contributed by atoms with van der Waals surface area (Å²) in [5, 5.41) is 2.63. The monoisotopic (exact) mass is 243 g/mol. The molecule has 2 saturated heterocycles. The Morgan fingerprint density at radius 1 is 1.59 bits per heavy atom. The first-order chi connectivity index (χ1) is 8.24. The van der Waals surface area contributed by atoms with Crippen LogP contribution in [-0.2, 0) is 18.9 Å². The summed E-state index contributed by atoms with van der Waals surface area (Å²) in [6.07, 6.45) is 1.65. The van der Waals surface area contributed by atoms with E-state index in [9.17, 15) is 4.79 Å². The fraction of sp³-hybridized carbons (Fsp3) is 0.727. The summed E-state index contributed by atoms with van der Waals surface area (Å²) < 4.78 is 20.9. The molecule has 2 aliphatic rings. The van der Waals surface area contributed by atoms with Gasteiger partial charge in [0.1, 0.15) is 12.7 Å². The molecule has 4 atom stereocenters. The fourth-order valence-corrected chi connectivity index (χ4v) is 1.87. The van der Waals surface area contributed by atoms with Crippen LogP contribution in [0.5, 0.6) is 0 Å². The average Bonchev–Trinajstić information content (AvgIpc) is 3.11. The first-order valence-electron chi connectivity index (χ1n) is 5.60. The molecule has 0 bridgehead atoms. The molecule has 6 heteroatoms. The van der Waals surface area contributed by atoms with Crippen molar-refractivity contribution >= 4 is 6.09 Å². The van der Waals surface area contributed by atoms with Crippen molar-refractivity contribution in [3.8, 4) is 0 Å². The van der Waals surface area contributed by atoms with Crippen LogP contribution in [0.4, 0.5) is 4.79 Å². The Balaban J connectivity index is 1.68. The SMILES string of the molecule is C=CCOC(=O)NCC1C[C@H]2OC2[C@@H](OC)O1. The number of fused-ring (bicyclic) bond motifs is 1. The maximum absolute atomic E-state index is 11.2. The molecule has 2 fully saturated rings. The molecule has 17 heavy (non-hydrogen) atoms. The number of ether oxygens (including phenoxy) is 4. The highest BCUT2D eigenvalue weighted by Gasteiger charge is 2.51. The highest BCUT2D eigenvalue weighted by Crippen LogP contribution is 2.37. The smallest absolute Gasteiger partial charge is 0.407 e. The van der Waals surface area contributed by atoms with Gasteiger partial charge in [-0.05, 0) is 0 Å². The van der Waals surface area contributed by atoms with Gasteiger partial charge in [0.25, 0.3) is 0 Å². The van der Waals surface area contributed by atoms with Crippen molar-refractivity contribution in [2.45, 2.75) is 31.0 Å². The lowest BCUT2D eigenvalue weighted by Crippen LogP contribution is -2.42. The largest absolute Gasteiger partial charge is 0.445 e. The second kappa shape index (κ2) is 5.48. The van der Waals surface area contributed by atoms with Crippen LogP contribution in [-0.4, -0.2) is 51.0 Å². The summed E-state index contributed by atoms with van der Waals surface area (Å²) in [5.74, 6) is 0. The molecule has 0 radical (unpaired) electrons. The van der Waals surface area contributed by atoms with E-state index >= 15 is 0 Å². The van der Waals surface area contributed by atoms with Gasteiger partial charge >= 0.3 is 6.09 Å². The van der Waals surface area contributed by atoms with Crippen molar-refractivity contribution in [1.29, 1.82) is 0 Å². The lowest BCUT2D eigenvalue weighted by atomic mass is 10.1. The van der Waals surface area contributed by atoms with Crippen LogP contribution >= 0.6 is 0 Å². The number of epoxide rings is 1. The average molecular weight is 243 g/mol. The van der Waals surface area contributed by atoms with E-state index in [1.165, 1.54) is 6.08 Å². The Kier molecular flexibility index (Phi) is 3.98. The number of hydrogen-bond acceptors (Lipinski definition) is 5. The molecule has 2 rings (SSSR count). The molecule has 2 heterocycles. The molecule has 0 saturated carbocycles. The first-order valence-corrected chi connectivity index (χ1v) is 5.60. The van der Waals surface area contributed by atoms with Gasteiger partial charge in [-0.3, -0.25) is 0 Å². The molecule has 1 amide bonds. The van der Waals surface area contributed by atoms with E-state index in [1.54, 1.807) is 7.11 Å². The van der Waals surface area contributed by atoms with Gasteiger partial charge in [0.05, 0.1) is 12.2 Å². The van der Waals surface area contributed by atoms with Gasteiger partial charge in [-0.15, -0.1) is 0 Å². The van der Waals surface area contributed by atoms with Gasteiger partial charge < -0.3 is 24.3 Å². The predicted octanol–water partition coefficient (Wildman–Crippen LogP) is 0.427. The van der Waals surface area contributed by atoms with E-state index in [4.69, 9.17) is 18.9 Å². The standard InChI is InChI=1S/C11H17NO5/c1-3-4-15-11(13)12-6-7-5-8-9(17-8)10(14-2)16-7/h3,7-10H,1,4-6H2,2H3,(H,12,13)/t7?,8-,9?,10+/m1/s1. The van der Waals surface area contributed by atoms with Crippen LogP contribution < -0.4 is 5.32 Å². The molecular formula is C11H17NO5. The Labute approximate surface area is 99.9 Å². The molecule has 0 spiro atoms. The highest BCUT2D eigenvalue weighted by molar-refractivity contribution is 5.67. The third-order valence-electron chi connectivity index (χ3n) is 2.75. The van der Waals surface area contributed by atoms with Gasteiger partial charge in [0.15, 0.2) is 6.29 Å². The molecule has 96 valence electrons. The third kappa shape index (κ3) is 3.18. The summed E-state index contributed by atoms with van der Waals surface area (Å²) in [6, 6.07) is 0. The van der Waals surface area contributed by atoms with E-state index in [0.29, 0.717) is 6.54 Å². The van der Waals surface area contributed by atoms with Crippen LogP contribution in [0.15, 0.2) is 12.7 Å². The normalized spacial score (nSPS) is 34.6. The van der Waals surface area contributed by atoms with Gasteiger partial charge in [-0.1, -0.05) is 12.7 Å². The van der Waals surface area contributed by atoms with E-state index < -0.39 is 6.09 Å². The molecule has 0 aliphatic carbocycles. The van der Waals surface area contributed by atoms with E-state index in [2.05, 4.69) is 11.9 Å². The van der Waals surface area contributed by atoms with Gasteiger partial charge in [0, 0.05) is 20.1 Å². The maximum Gasteiger partial charge on any atom is 0.407 e. The molecule has 6 nitrogen and oxygen atoms in total. The van der Waals surface area contributed by atoms with Crippen LogP contribution in [0.25, 0.3) is 0 Å². The molecular weight excluding hydrogens is 226 g/mol. The minimum Gasteiger partial charge on any atom is -0.445 e. The topological polar surface area (TPSA) is 69.3 Å². The van der Waals surface area contributed by atoms with Crippen molar-refractivity contribution in [2.75, 3.05) is 20.3 Å². The minimum atomic E-state index is -0.471. The summed E-state index contributed by atoms with van der Waals surface area (Å²) in [5.41, 5.74) is 0. The molecule has 1 N–H and O–H groups in total. The summed E-state index contributed by atoms with van der Waals surface area (Å²) >= 11 is 0. The van der Waals surface area contributed by atoms with Crippen molar-refractivity contribution in [3.63, 3.8) is 0 Å². The zero-order valence-corrected chi connectivity index (χ0v) is 9.76. The molecule has 2 aliphatic heterocycles. The number of alkyl carbamates (subject to hydrolysis) is 1. The van der Waals surface area contributed by atoms with Crippen molar-refractivity contribution in [2.24, 2.45) is 0 Å². The Morgan fingerprint density at radius 2 is 2.41 bits per heavy atom. The van der Waals surface area contributed by atoms with Gasteiger partial charge in [0.2, 0.25) is 0 Å². The van der Waals surface area contributed by atoms with E-state index in [1.807, 2.05) is 0 Å². The zero-order chi connectivity index (χ0) is 12.3. The van der Waals surface area contributed by atoms with Crippen LogP contribution in [0.2, 0.25) is 0 Å². The summed E-state index contributed by atoms with van der Waals surface area (Å²) in [7, 11) is 1.58. The quantitative estimate of drug-likeness (QED) is 0.560. The fourth-order valence-electron chi connectivity index (χ4n) is 1.87. The number of amides is 1. The Morgan fingerprint density at radius 3 is 3.12 bits per heavy atom. The Bertz CT molecular complexity index is 296. The lowest BCUT2D eigenvalue weighted by Gasteiger charge is -2.26. The maximum atomic E-state index is 11.2. The number of rotatable bonds is 5. The Hall–Kier alpha value is -1.11. The van der Waals surface area contributed by atoms with Gasteiger partial charge in [-0.2, -0.15) is 0 Å². The van der Waals surface area contributed by atoms with E-state index in [0.717, 1.165) is 6.42 Å². The number of carbonyl (C=O) groups excluding carboxylic acids is 1. The van der Waals surface area contributed by atoms with Crippen molar-refractivity contribution in [1.82, 2.24) is 5.32 Å². The van der Waals surface area contributed by atoms with Crippen molar-refractivity contribution < 1.29 is 23.7 Å². The second-order valence-corrected chi connectivity index (χ2v) is 4.01. The zero-order valence-electron chi connectivity index (χ0n) is 9.76. The number of hydrogen-bond donors (Lipinski definition) is 1. The summed E-state index contributed by atoms with van der Waals surface area (Å²) in [4.78, 5) is 11.2. The molecule has 0 aromatic carbocycles. The molecule has 0 aromatic rings. The van der Waals surface area contributed by atoms with Crippen LogP contribution in [0, 0.1) is 0 Å². The first kappa shape index (κ1) is 12.3. The van der Waals surface area contributed by atoms with Crippen LogP contribution in [0.3, 0.4) is 0 Å². The third-order valence-corrected chi connectivity index (χ3v) is 2.75. The predicted molar refractivity (Wildman–Crippen MR) is 58.5 cm³/mol. The number of nitrogens with one attached hydrogen (secondary N) is 1. The van der Waals surface area contributed by atoms with Crippen LogP contribution in [0.1, 0.15) is 6.42 Å². The summed E-state index contributed by atoms with van der Waals surface area (Å²) in [6.45, 7) is 4.05. The second-order valence-electron chi connectivity index (χ2n) is 4.01. The van der Waals surface area contributed by atoms with Gasteiger partial charge in [-0.25, -0.2) is 4.79 Å². The highest BCUT2D eigenvalue weighted by atomic mass is 16.7. The number of carbonyl (C=O) groups is 1. The van der Waals surface area contributed by atoms with E-state index in [-0.39, 0.29) is 31.2 Å².